The van der Waals surface area contributed by atoms with E-state index >= 15 is 0 Å². The van der Waals surface area contributed by atoms with Crippen molar-refractivity contribution in [2.75, 3.05) is 11.9 Å². The number of anilines is 1. The number of hydrogen-bond acceptors (Lipinski definition) is 4. The average Bonchev–Trinajstić information content (AvgIpc) is 2.27. The third-order valence-corrected chi connectivity index (χ3v) is 2.58. The topological polar surface area (TPSA) is 75.1 Å². The molecule has 1 heterocycles. The zero-order valence-electron chi connectivity index (χ0n) is 9.82. The van der Waals surface area contributed by atoms with E-state index in [2.05, 4.69) is 36.1 Å². The van der Waals surface area contributed by atoms with Crippen LogP contribution in [0.15, 0.2) is 12.4 Å². The Labute approximate surface area is 94.9 Å². The maximum atomic E-state index is 10.6. The molecule has 5 nitrogen and oxygen atoms in total. The fraction of sp³-hybridized carbons (Fsp3) is 0.545. The molecule has 0 aliphatic carbocycles. The van der Waals surface area contributed by atoms with Gasteiger partial charge in [-0.2, -0.15) is 0 Å². The van der Waals surface area contributed by atoms with Crippen LogP contribution in [0, 0.1) is 5.41 Å². The van der Waals surface area contributed by atoms with Crippen molar-refractivity contribution in [1.82, 2.24) is 9.97 Å². The van der Waals surface area contributed by atoms with Crippen LogP contribution in [0.3, 0.4) is 0 Å². The van der Waals surface area contributed by atoms with Crippen molar-refractivity contribution in [1.29, 1.82) is 0 Å². The van der Waals surface area contributed by atoms with Crippen LogP contribution in [0.25, 0.3) is 0 Å². The van der Waals surface area contributed by atoms with Gasteiger partial charge >= 0.3 is 5.97 Å². The van der Waals surface area contributed by atoms with E-state index in [0.717, 1.165) is 13.0 Å². The van der Waals surface area contributed by atoms with Crippen molar-refractivity contribution < 1.29 is 9.90 Å². The molecule has 0 saturated heterocycles. The SMILES string of the molecule is CCC(C)(C)CNc1cnc(C(=O)O)cn1. The summed E-state index contributed by atoms with van der Waals surface area (Å²) in [7, 11) is 0. The fourth-order valence-electron chi connectivity index (χ4n) is 0.985. The van der Waals surface area contributed by atoms with Gasteiger partial charge in [0.15, 0.2) is 5.69 Å². The Morgan fingerprint density at radius 1 is 1.44 bits per heavy atom. The minimum atomic E-state index is -1.06. The molecule has 0 atom stereocenters. The summed E-state index contributed by atoms with van der Waals surface area (Å²) < 4.78 is 0. The number of carboxylic acids is 1. The zero-order valence-corrected chi connectivity index (χ0v) is 9.82. The molecule has 0 unspecified atom stereocenters. The minimum absolute atomic E-state index is 0.0414. The van der Waals surface area contributed by atoms with Crippen LogP contribution in [0.2, 0.25) is 0 Å². The fourth-order valence-corrected chi connectivity index (χ4v) is 0.985. The number of aromatic carboxylic acids is 1. The van der Waals surface area contributed by atoms with Gasteiger partial charge in [-0.15, -0.1) is 0 Å². The highest BCUT2D eigenvalue weighted by Gasteiger charge is 2.14. The Kier molecular flexibility index (Phi) is 3.82. The van der Waals surface area contributed by atoms with Gasteiger partial charge in [0.25, 0.3) is 0 Å². The molecular formula is C11H17N3O2. The van der Waals surface area contributed by atoms with Crippen LogP contribution in [0.4, 0.5) is 5.82 Å². The molecular weight excluding hydrogens is 206 g/mol. The maximum absolute atomic E-state index is 10.6. The van der Waals surface area contributed by atoms with Crippen molar-refractivity contribution in [3.05, 3.63) is 18.1 Å². The number of carbonyl (C=O) groups is 1. The minimum Gasteiger partial charge on any atom is -0.476 e. The summed E-state index contributed by atoms with van der Waals surface area (Å²) in [6.07, 6.45) is 3.75. The number of hydrogen-bond donors (Lipinski definition) is 2. The molecule has 1 rings (SSSR count). The number of aromatic nitrogens is 2. The molecule has 0 saturated carbocycles. The lowest BCUT2D eigenvalue weighted by Crippen LogP contribution is -2.22. The van der Waals surface area contributed by atoms with Crippen LogP contribution in [0.5, 0.6) is 0 Å². The van der Waals surface area contributed by atoms with Gasteiger partial charge in [0, 0.05) is 6.54 Å². The van der Waals surface area contributed by atoms with E-state index in [0.29, 0.717) is 5.82 Å². The van der Waals surface area contributed by atoms with E-state index in [1.807, 2.05) is 0 Å². The Balaban J connectivity index is 2.59. The summed E-state index contributed by atoms with van der Waals surface area (Å²) in [5.41, 5.74) is 0.146. The van der Waals surface area contributed by atoms with Gasteiger partial charge < -0.3 is 10.4 Å². The third kappa shape index (κ3) is 3.49. The highest BCUT2D eigenvalue weighted by molar-refractivity contribution is 5.84. The first-order valence-electron chi connectivity index (χ1n) is 5.24. The molecule has 0 radical (unpaired) electrons. The van der Waals surface area contributed by atoms with E-state index in [4.69, 9.17) is 5.11 Å². The van der Waals surface area contributed by atoms with Crippen molar-refractivity contribution in [3.8, 4) is 0 Å². The van der Waals surface area contributed by atoms with Crippen LogP contribution in [-0.4, -0.2) is 27.6 Å². The first-order valence-corrected chi connectivity index (χ1v) is 5.24. The van der Waals surface area contributed by atoms with Gasteiger partial charge in [-0.1, -0.05) is 20.8 Å². The smallest absolute Gasteiger partial charge is 0.356 e. The monoisotopic (exact) mass is 223 g/mol. The van der Waals surface area contributed by atoms with Crippen LogP contribution in [-0.2, 0) is 0 Å². The Bertz CT molecular complexity index is 360. The lowest BCUT2D eigenvalue weighted by atomic mass is 9.90. The molecule has 0 spiro atoms. The zero-order chi connectivity index (χ0) is 12.2. The van der Waals surface area contributed by atoms with E-state index < -0.39 is 5.97 Å². The molecule has 2 N–H and O–H groups in total. The van der Waals surface area contributed by atoms with Crippen LogP contribution >= 0.6 is 0 Å². The second-order valence-electron chi connectivity index (χ2n) is 4.46. The largest absolute Gasteiger partial charge is 0.476 e. The van der Waals surface area contributed by atoms with Gasteiger partial charge in [-0.25, -0.2) is 14.8 Å². The van der Waals surface area contributed by atoms with Crippen LogP contribution in [0.1, 0.15) is 37.7 Å². The predicted octanol–water partition coefficient (Wildman–Crippen LogP) is 2.02. The predicted molar refractivity (Wildman–Crippen MR) is 61.6 cm³/mol. The molecule has 5 heteroatoms. The Morgan fingerprint density at radius 3 is 2.56 bits per heavy atom. The molecule has 0 amide bonds. The van der Waals surface area contributed by atoms with Crippen LogP contribution < -0.4 is 5.32 Å². The quantitative estimate of drug-likeness (QED) is 0.798. The lowest BCUT2D eigenvalue weighted by molar-refractivity contribution is 0.0690. The van der Waals surface area contributed by atoms with E-state index in [1.165, 1.54) is 12.4 Å². The summed E-state index contributed by atoms with van der Waals surface area (Å²) in [6.45, 7) is 7.21. The van der Waals surface area contributed by atoms with Gasteiger partial charge in [0.2, 0.25) is 0 Å². The normalized spacial score (nSPS) is 11.2. The molecule has 0 aliphatic heterocycles. The molecule has 0 aromatic carbocycles. The van der Waals surface area contributed by atoms with E-state index in [1.54, 1.807) is 0 Å². The number of rotatable bonds is 5. The van der Waals surface area contributed by atoms with E-state index in [9.17, 15) is 4.79 Å². The molecule has 88 valence electrons. The third-order valence-electron chi connectivity index (χ3n) is 2.58. The first kappa shape index (κ1) is 12.4. The van der Waals surface area contributed by atoms with Gasteiger partial charge in [0.05, 0.1) is 12.4 Å². The van der Waals surface area contributed by atoms with Gasteiger partial charge in [0.1, 0.15) is 5.82 Å². The highest BCUT2D eigenvalue weighted by atomic mass is 16.4. The number of nitrogens with one attached hydrogen (secondary N) is 1. The lowest BCUT2D eigenvalue weighted by Gasteiger charge is -2.22. The summed E-state index contributed by atoms with van der Waals surface area (Å²) in [5, 5.41) is 11.8. The second-order valence-corrected chi connectivity index (χ2v) is 4.46. The summed E-state index contributed by atoms with van der Waals surface area (Å²) in [5.74, 6) is -0.459. The Morgan fingerprint density at radius 2 is 2.12 bits per heavy atom. The Hall–Kier alpha value is -1.65. The van der Waals surface area contributed by atoms with Gasteiger partial charge in [-0.3, -0.25) is 0 Å². The number of carboxylic acid groups (broad SMARTS) is 1. The van der Waals surface area contributed by atoms with Gasteiger partial charge in [-0.05, 0) is 11.8 Å². The number of nitrogens with zero attached hydrogens (tertiary/aromatic N) is 2. The molecule has 16 heavy (non-hydrogen) atoms. The standard InChI is InChI=1S/C11H17N3O2/c1-4-11(2,3)7-14-9-6-12-8(5-13-9)10(15)16/h5-6H,4,7H2,1-3H3,(H,13,14)(H,15,16). The van der Waals surface area contributed by atoms with Crippen molar-refractivity contribution in [2.24, 2.45) is 5.41 Å². The average molecular weight is 223 g/mol. The van der Waals surface area contributed by atoms with E-state index in [-0.39, 0.29) is 11.1 Å². The van der Waals surface area contributed by atoms with Crippen molar-refractivity contribution >= 4 is 11.8 Å². The summed E-state index contributed by atoms with van der Waals surface area (Å²) >= 11 is 0. The summed E-state index contributed by atoms with van der Waals surface area (Å²) in [4.78, 5) is 18.3. The van der Waals surface area contributed by atoms with Crippen molar-refractivity contribution in [3.63, 3.8) is 0 Å². The molecule has 1 aromatic rings. The molecule has 0 aliphatic rings. The second kappa shape index (κ2) is 4.92. The molecule has 1 aromatic heterocycles. The van der Waals surface area contributed by atoms with Crippen molar-refractivity contribution in [2.45, 2.75) is 27.2 Å². The first-order chi connectivity index (χ1) is 7.44. The molecule has 0 bridgehead atoms. The molecule has 0 fully saturated rings. The maximum Gasteiger partial charge on any atom is 0.356 e. The summed E-state index contributed by atoms with van der Waals surface area (Å²) in [6, 6.07) is 0. The highest BCUT2D eigenvalue weighted by Crippen LogP contribution is 2.19.